The summed E-state index contributed by atoms with van der Waals surface area (Å²) >= 11 is 6.04. The second-order valence-corrected chi connectivity index (χ2v) is 7.43. The van der Waals surface area contributed by atoms with Crippen molar-refractivity contribution in [1.82, 2.24) is 9.80 Å². The largest absolute Gasteiger partial charge is 0.366 e. The first-order valence-electron chi connectivity index (χ1n) is 9.44. The standard InChI is InChI=1S/C21H24ClFN4O2/c1-25(14-20(28)24-18-8-4-2-6-16(18)22)15-21(29)27-12-10-26(11-13-27)19-9-5-3-7-17(19)23/h2-9H,10-15H2,1H3,(H,24,28). The number of amides is 2. The van der Waals surface area contributed by atoms with Crippen molar-refractivity contribution in [2.45, 2.75) is 0 Å². The van der Waals surface area contributed by atoms with Gasteiger partial charge in [-0.05, 0) is 31.3 Å². The van der Waals surface area contributed by atoms with Gasteiger partial charge in [-0.15, -0.1) is 0 Å². The Hall–Kier alpha value is -2.64. The van der Waals surface area contributed by atoms with Crippen molar-refractivity contribution < 1.29 is 14.0 Å². The maximum absolute atomic E-state index is 13.9. The van der Waals surface area contributed by atoms with E-state index in [1.807, 2.05) is 4.90 Å². The lowest BCUT2D eigenvalue weighted by atomic mass is 10.2. The molecule has 1 saturated heterocycles. The molecule has 29 heavy (non-hydrogen) atoms. The lowest BCUT2D eigenvalue weighted by molar-refractivity contribution is -0.132. The molecule has 0 aliphatic carbocycles. The molecule has 0 bridgehead atoms. The van der Waals surface area contributed by atoms with Gasteiger partial charge in [0.2, 0.25) is 11.8 Å². The van der Waals surface area contributed by atoms with Crippen LogP contribution < -0.4 is 10.2 Å². The van der Waals surface area contributed by atoms with E-state index >= 15 is 0 Å². The van der Waals surface area contributed by atoms with E-state index in [4.69, 9.17) is 11.6 Å². The van der Waals surface area contributed by atoms with E-state index in [1.54, 1.807) is 59.3 Å². The molecule has 0 saturated carbocycles. The van der Waals surface area contributed by atoms with Crippen molar-refractivity contribution >= 4 is 34.8 Å². The number of hydrogen-bond acceptors (Lipinski definition) is 4. The van der Waals surface area contributed by atoms with Gasteiger partial charge >= 0.3 is 0 Å². The van der Waals surface area contributed by atoms with Gasteiger partial charge in [-0.1, -0.05) is 35.9 Å². The third kappa shape index (κ3) is 5.68. The van der Waals surface area contributed by atoms with Gasteiger partial charge in [-0.3, -0.25) is 14.5 Å². The number of halogens is 2. The Morgan fingerprint density at radius 1 is 1.03 bits per heavy atom. The second kappa shape index (κ2) is 9.71. The fourth-order valence-electron chi connectivity index (χ4n) is 3.29. The molecule has 1 N–H and O–H groups in total. The zero-order valence-electron chi connectivity index (χ0n) is 16.3. The summed E-state index contributed by atoms with van der Waals surface area (Å²) in [6, 6.07) is 13.7. The van der Waals surface area contributed by atoms with Crippen LogP contribution in [0.15, 0.2) is 48.5 Å². The van der Waals surface area contributed by atoms with Gasteiger partial charge < -0.3 is 15.1 Å². The normalized spacial score (nSPS) is 14.2. The number of carbonyl (C=O) groups excluding carboxylic acids is 2. The highest BCUT2D eigenvalue weighted by Crippen LogP contribution is 2.21. The molecule has 0 aromatic heterocycles. The molecule has 1 fully saturated rings. The van der Waals surface area contributed by atoms with Crippen molar-refractivity contribution in [2.75, 3.05) is 56.5 Å². The van der Waals surface area contributed by atoms with Crippen LogP contribution in [0.25, 0.3) is 0 Å². The molecule has 2 amide bonds. The van der Waals surface area contributed by atoms with E-state index in [0.717, 1.165) is 0 Å². The van der Waals surface area contributed by atoms with Gasteiger partial charge in [0.25, 0.3) is 0 Å². The molecule has 2 aromatic carbocycles. The number of nitrogens with zero attached hydrogens (tertiary/aromatic N) is 3. The SMILES string of the molecule is CN(CC(=O)Nc1ccccc1Cl)CC(=O)N1CCN(c2ccccc2F)CC1. The third-order valence-corrected chi connectivity index (χ3v) is 5.12. The van der Waals surface area contributed by atoms with Crippen molar-refractivity contribution in [3.63, 3.8) is 0 Å². The predicted octanol–water partition coefficient (Wildman–Crippen LogP) is 2.70. The van der Waals surface area contributed by atoms with Gasteiger partial charge in [-0.25, -0.2) is 4.39 Å². The number of carbonyl (C=O) groups is 2. The minimum atomic E-state index is -0.253. The van der Waals surface area contributed by atoms with Crippen LogP contribution >= 0.6 is 11.6 Å². The molecule has 8 heteroatoms. The molecule has 0 radical (unpaired) electrons. The van der Waals surface area contributed by atoms with Crippen LogP contribution in [0.2, 0.25) is 5.02 Å². The molecule has 1 aliphatic heterocycles. The zero-order chi connectivity index (χ0) is 20.8. The van der Waals surface area contributed by atoms with Gasteiger partial charge in [0.05, 0.1) is 29.5 Å². The summed E-state index contributed by atoms with van der Waals surface area (Å²) in [6.45, 7) is 2.40. The average molecular weight is 419 g/mol. The topological polar surface area (TPSA) is 55.9 Å². The monoisotopic (exact) mass is 418 g/mol. The van der Waals surface area contributed by atoms with E-state index < -0.39 is 0 Å². The number of para-hydroxylation sites is 2. The average Bonchev–Trinajstić information content (AvgIpc) is 2.70. The highest BCUT2D eigenvalue weighted by atomic mass is 35.5. The minimum absolute atomic E-state index is 0.0498. The first-order valence-corrected chi connectivity index (χ1v) is 9.82. The van der Waals surface area contributed by atoms with Gasteiger partial charge in [0.15, 0.2) is 0 Å². The van der Waals surface area contributed by atoms with Crippen LogP contribution in [0, 0.1) is 5.82 Å². The summed E-state index contributed by atoms with van der Waals surface area (Å²) in [5.74, 6) is -0.541. The van der Waals surface area contributed by atoms with E-state index in [0.29, 0.717) is 42.6 Å². The number of benzene rings is 2. The molecule has 154 valence electrons. The predicted molar refractivity (Wildman–Crippen MR) is 113 cm³/mol. The number of nitrogens with one attached hydrogen (secondary N) is 1. The van der Waals surface area contributed by atoms with E-state index in [-0.39, 0.29) is 30.7 Å². The number of likely N-dealkylation sites (N-methyl/N-ethyl adjacent to an activating group) is 1. The number of rotatable bonds is 6. The summed E-state index contributed by atoms with van der Waals surface area (Å²) in [7, 11) is 1.72. The van der Waals surface area contributed by atoms with Crippen molar-refractivity contribution in [2.24, 2.45) is 0 Å². The summed E-state index contributed by atoms with van der Waals surface area (Å²) in [4.78, 5) is 30.1. The molecule has 0 spiro atoms. The Bertz CT molecular complexity index is 871. The molecule has 1 heterocycles. The minimum Gasteiger partial charge on any atom is -0.366 e. The quantitative estimate of drug-likeness (QED) is 0.783. The molecular formula is C21H24ClFN4O2. The van der Waals surface area contributed by atoms with Crippen molar-refractivity contribution in [1.29, 1.82) is 0 Å². The first-order chi connectivity index (χ1) is 13.9. The van der Waals surface area contributed by atoms with Crippen LogP contribution in [0.3, 0.4) is 0 Å². The van der Waals surface area contributed by atoms with Crippen LogP contribution in [0.4, 0.5) is 15.8 Å². The van der Waals surface area contributed by atoms with Crippen LogP contribution in [-0.2, 0) is 9.59 Å². The summed E-state index contributed by atoms with van der Waals surface area (Å²) in [6.07, 6.45) is 0. The van der Waals surface area contributed by atoms with Gasteiger partial charge in [-0.2, -0.15) is 0 Å². The van der Waals surface area contributed by atoms with Gasteiger partial charge in [0, 0.05) is 26.2 Å². The Morgan fingerprint density at radius 2 is 1.69 bits per heavy atom. The maximum atomic E-state index is 13.9. The lowest BCUT2D eigenvalue weighted by Crippen LogP contribution is -2.51. The molecular weight excluding hydrogens is 395 g/mol. The van der Waals surface area contributed by atoms with Crippen LogP contribution in [-0.4, -0.2) is 67.9 Å². The Balaban J connectivity index is 1.45. The lowest BCUT2D eigenvalue weighted by Gasteiger charge is -2.36. The smallest absolute Gasteiger partial charge is 0.238 e. The molecule has 6 nitrogen and oxygen atoms in total. The van der Waals surface area contributed by atoms with E-state index in [9.17, 15) is 14.0 Å². The van der Waals surface area contributed by atoms with Gasteiger partial charge in [0.1, 0.15) is 5.82 Å². The van der Waals surface area contributed by atoms with Crippen LogP contribution in [0.1, 0.15) is 0 Å². The highest BCUT2D eigenvalue weighted by Gasteiger charge is 2.23. The number of anilines is 2. The first kappa shape index (κ1) is 21.1. The number of hydrogen-bond donors (Lipinski definition) is 1. The Kier molecular flexibility index (Phi) is 7.06. The summed E-state index contributed by atoms with van der Waals surface area (Å²) in [5.41, 5.74) is 1.11. The third-order valence-electron chi connectivity index (χ3n) is 4.79. The Morgan fingerprint density at radius 3 is 2.38 bits per heavy atom. The Labute approximate surface area is 174 Å². The molecule has 3 rings (SSSR count). The fraction of sp³-hybridized carbons (Fsp3) is 0.333. The van der Waals surface area contributed by atoms with E-state index in [2.05, 4.69) is 5.32 Å². The highest BCUT2D eigenvalue weighted by molar-refractivity contribution is 6.33. The molecule has 0 unspecified atom stereocenters. The fourth-order valence-corrected chi connectivity index (χ4v) is 3.47. The second-order valence-electron chi connectivity index (χ2n) is 7.02. The maximum Gasteiger partial charge on any atom is 0.238 e. The van der Waals surface area contributed by atoms with Crippen LogP contribution in [0.5, 0.6) is 0 Å². The number of piperazine rings is 1. The molecule has 1 aliphatic rings. The molecule has 0 atom stereocenters. The zero-order valence-corrected chi connectivity index (χ0v) is 17.0. The summed E-state index contributed by atoms with van der Waals surface area (Å²) < 4.78 is 13.9. The van der Waals surface area contributed by atoms with E-state index in [1.165, 1.54) is 6.07 Å². The summed E-state index contributed by atoms with van der Waals surface area (Å²) in [5, 5.41) is 3.21. The van der Waals surface area contributed by atoms with Crippen molar-refractivity contribution in [3.05, 3.63) is 59.4 Å². The van der Waals surface area contributed by atoms with Crippen molar-refractivity contribution in [3.8, 4) is 0 Å². The molecule has 2 aromatic rings.